The van der Waals surface area contributed by atoms with E-state index in [1.807, 2.05) is 18.2 Å². The molecule has 0 saturated carbocycles. The number of nitrogens with zero attached hydrogens (tertiary/aromatic N) is 2. The molecule has 3 heteroatoms. The van der Waals surface area contributed by atoms with Crippen LogP contribution in [-0.2, 0) is 19.3 Å². The highest BCUT2D eigenvalue weighted by Crippen LogP contribution is 2.23. The Labute approximate surface area is 177 Å². The quantitative estimate of drug-likeness (QED) is 0.346. The van der Waals surface area contributed by atoms with Gasteiger partial charge < -0.3 is 4.57 Å². The molecule has 1 heterocycles. The number of halogens is 1. The van der Waals surface area contributed by atoms with Crippen molar-refractivity contribution >= 4 is 11.6 Å². The van der Waals surface area contributed by atoms with Crippen molar-refractivity contribution in [3.05, 3.63) is 107 Å². The molecule has 4 rings (SSSR count). The van der Waals surface area contributed by atoms with Gasteiger partial charge in [-0.05, 0) is 55.2 Å². The van der Waals surface area contributed by atoms with E-state index in [2.05, 4.69) is 79.2 Å². The minimum atomic E-state index is 0.800. The maximum absolute atomic E-state index is 6.09. The van der Waals surface area contributed by atoms with E-state index in [4.69, 9.17) is 16.6 Å². The number of aryl methyl sites for hydroxylation is 4. The van der Waals surface area contributed by atoms with E-state index in [0.29, 0.717) is 0 Å². The van der Waals surface area contributed by atoms with Gasteiger partial charge >= 0.3 is 0 Å². The van der Waals surface area contributed by atoms with E-state index in [1.165, 1.54) is 16.7 Å². The first-order valence-corrected chi connectivity index (χ1v) is 10.5. The van der Waals surface area contributed by atoms with Crippen LogP contribution in [0.2, 0.25) is 5.02 Å². The zero-order valence-corrected chi connectivity index (χ0v) is 17.7. The van der Waals surface area contributed by atoms with Crippen LogP contribution in [0.1, 0.15) is 29.4 Å². The summed E-state index contributed by atoms with van der Waals surface area (Å²) >= 11 is 6.09. The molecule has 146 valence electrons. The third-order valence-electron chi connectivity index (χ3n) is 5.25. The van der Waals surface area contributed by atoms with Gasteiger partial charge in [-0.25, -0.2) is 4.98 Å². The van der Waals surface area contributed by atoms with Crippen molar-refractivity contribution in [1.82, 2.24) is 9.55 Å². The van der Waals surface area contributed by atoms with Gasteiger partial charge in [0.25, 0.3) is 0 Å². The molecule has 3 aromatic carbocycles. The summed E-state index contributed by atoms with van der Waals surface area (Å²) < 4.78 is 2.20. The molecular formula is C26H25ClN2. The number of hydrogen-bond donors (Lipinski definition) is 0. The van der Waals surface area contributed by atoms with Crippen LogP contribution in [0.3, 0.4) is 0 Å². The molecule has 0 aliphatic heterocycles. The maximum atomic E-state index is 6.09. The van der Waals surface area contributed by atoms with Crippen molar-refractivity contribution in [3.8, 4) is 16.9 Å². The van der Waals surface area contributed by atoms with Crippen LogP contribution in [0.4, 0.5) is 0 Å². The Kier molecular flexibility index (Phi) is 5.82. The van der Waals surface area contributed by atoms with Gasteiger partial charge in [0.1, 0.15) is 5.82 Å². The van der Waals surface area contributed by atoms with Gasteiger partial charge in [-0.1, -0.05) is 72.6 Å². The average Bonchev–Trinajstić information content (AvgIpc) is 3.18. The molecule has 2 nitrogen and oxygen atoms in total. The smallest absolute Gasteiger partial charge is 0.113 e. The number of aromatic nitrogens is 2. The summed E-state index contributed by atoms with van der Waals surface area (Å²) in [4.78, 5) is 4.86. The van der Waals surface area contributed by atoms with Gasteiger partial charge in [0.2, 0.25) is 0 Å². The molecule has 0 amide bonds. The molecule has 0 atom stereocenters. The third-order valence-corrected chi connectivity index (χ3v) is 5.48. The predicted molar refractivity (Wildman–Crippen MR) is 122 cm³/mol. The second kappa shape index (κ2) is 8.67. The van der Waals surface area contributed by atoms with Crippen LogP contribution in [-0.4, -0.2) is 9.55 Å². The fourth-order valence-electron chi connectivity index (χ4n) is 3.56. The first-order chi connectivity index (χ1) is 14.1. The second-order valence-electron chi connectivity index (χ2n) is 7.43. The molecule has 4 aromatic rings. The van der Waals surface area contributed by atoms with Crippen molar-refractivity contribution in [2.24, 2.45) is 0 Å². The summed E-state index contributed by atoms with van der Waals surface area (Å²) in [6.45, 7) is 4.25. The fraction of sp³-hybridized carbons (Fsp3) is 0.192. The Bertz CT molecular complexity index is 1090. The van der Waals surface area contributed by atoms with Crippen molar-refractivity contribution in [2.75, 3.05) is 0 Å². The van der Waals surface area contributed by atoms with Crippen LogP contribution in [0.25, 0.3) is 16.9 Å². The SMILES string of the molecule is CCc1nc(-c2ccc(C)cc2)cn1-c1ccc(CCc2cccc(Cl)c2)cc1. The Hall–Kier alpha value is -2.84. The number of rotatable bonds is 6. The van der Waals surface area contributed by atoms with E-state index >= 15 is 0 Å². The lowest BCUT2D eigenvalue weighted by Gasteiger charge is -2.08. The zero-order valence-electron chi connectivity index (χ0n) is 16.9. The van der Waals surface area contributed by atoms with E-state index in [1.54, 1.807) is 0 Å². The Balaban J connectivity index is 1.53. The maximum Gasteiger partial charge on any atom is 0.113 e. The standard InChI is InChI=1S/C26H25ClN2/c1-3-26-28-25(22-13-7-19(2)8-14-22)18-29(26)24-15-11-20(12-16-24)9-10-21-5-4-6-23(27)17-21/h4-8,11-18H,3,9-10H2,1-2H3. The Morgan fingerprint density at radius 3 is 2.28 bits per heavy atom. The average molecular weight is 401 g/mol. The molecule has 0 radical (unpaired) electrons. The van der Waals surface area contributed by atoms with Crippen LogP contribution in [0.5, 0.6) is 0 Å². The molecule has 0 bridgehead atoms. The van der Waals surface area contributed by atoms with Crippen LogP contribution >= 0.6 is 11.6 Å². The molecule has 0 N–H and O–H groups in total. The monoisotopic (exact) mass is 400 g/mol. The van der Waals surface area contributed by atoms with Gasteiger partial charge in [-0.3, -0.25) is 0 Å². The van der Waals surface area contributed by atoms with E-state index < -0.39 is 0 Å². The molecule has 0 aliphatic carbocycles. The van der Waals surface area contributed by atoms with Gasteiger partial charge in [0, 0.05) is 28.9 Å². The lowest BCUT2D eigenvalue weighted by Crippen LogP contribution is -1.99. The summed E-state index contributed by atoms with van der Waals surface area (Å²) in [7, 11) is 0. The van der Waals surface area contributed by atoms with Crippen molar-refractivity contribution < 1.29 is 0 Å². The molecule has 1 aromatic heterocycles. The third kappa shape index (κ3) is 4.60. The highest BCUT2D eigenvalue weighted by molar-refractivity contribution is 6.30. The number of hydrogen-bond acceptors (Lipinski definition) is 1. The van der Waals surface area contributed by atoms with Gasteiger partial charge in [-0.15, -0.1) is 0 Å². The van der Waals surface area contributed by atoms with Gasteiger partial charge in [0.15, 0.2) is 0 Å². The minimum Gasteiger partial charge on any atom is -0.303 e. The molecular weight excluding hydrogens is 376 g/mol. The minimum absolute atomic E-state index is 0.800. The molecule has 0 saturated heterocycles. The van der Waals surface area contributed by atoms with Crippen molar-refractivity contribution in [3.63, 3.8) is 0 Å². The number of benzene rings is 3. The highest BCUT2D eigenvalue weighted by Gasteiger charge is 2.10. The molecule has 0 spiro atoms. The summed E-state index contributed by atoms with van der Waals surface area (Å²) in [5.74, 6) is 1.08. The number of imidazole rings is 1. The largest absolute Gasteiger partial charge is 0.303 e. The lowest BCUT2D eigenvalue weighted by atomic mass is 10.0. The Morgan fingerprint density at radius 2 is 1.59 bits per heavy atom. The highest BCUT2D eigenvalue weighted by atomic mass is 35.5. The van der Waals surface area contributed by atoms with Crippen LogP contribution in [0.15, 0.2) is 79.0 Å². The first-order valence-electron chi connectivity index (χ1n) is 10.1. The lowest BCUT2D eigenvalue weighted by molar-refractivity contribution is 0.889. The van der Waals surface area contributed by atoms with E-state index in [-0.39, 0.29) is 0 Å². The predicted octanol–water partition coefficient (Wildman–Crippen LogP) is 6.85. The van der Waals surface area contributed by atoms with Gasteiger partial charge in [0.05, 0.1) is 5.69 Å². The molecule has 29 heavy (non-hydrogen) atoms. The fourth-order valence-corrected chi connectivity index (χ4v) is 3.77. The van der Waals surface area contributed by atoms with E-state index in [9.17, 15) is 0 Å². The topological polar surface area (TPSA) is 17.8 Å². The summed E-state index contributed by atoms with van der Waals surface area (Å²) in [5.41, 5.74) is 7.18. The molecule has 0 aliphatic rings. The summed E-state index contributed by atoms with van der Waals surface area (Å²) in [6, 6.07) is 25.5. The molecule has 0 unspecified atom stereocenters. The van der Waals surface area contributed by atoms with Gasteiger partial charge in [-0.2, -0.15) is 0 Å². The first kappa shape index (κ1) is 19.5. The van der Waals surface area contributed by atoms with Crippen LogP contribution < -0.4 is 0 Å². The Morgan fingerprint density at radius 1 is 0.862 bits per heavy atom. The summed E-state index contributed by atoms with van der Waals surface area (Å²) in [6.07, 6.45) is 5.02. The van der Waals surface area contributed by atoms with Crippen molar-refractivity contribution in [1.29, 1.82) is 0 Å². The zero-order chi connectivity index (χ0) is 20.2. The van der Waals surface area contributed by atoms with E-state index in [0.717, 1.165) is 47.1 Å². The molecule has 0 fully saturated rings. The summed E-state index contributed by atoms with van der Waals surface area (Å²) in [5, 5.41) is 0.800. The second-order valence-corrected chi connectivity index (χ2v) is 7.86. The normalized spacial score (nSPS) is 11.0. The van der Waals surface area contributed by atoms with Crippen molar-refractivity contribution in [2.45, 2.75) is 33.1 Å². The van der Waals surface area contributed by atoms with Crippen LogP contribution in [0, 0.1) is 6.92 Å².